The van der Waals surface area contributed by atoms with Gasteiger partial charge in [-0.25, -0.2) is 9.50 Å². The lowest BCUT2D eigenvalue weighted by molar-refractivity contribution is 0.00262. The van der Waals surface area contributed by atoms with Crippen molar-refractivity contribution < 1.29 is 4.74 Å². The van der Waals surface area contributed by atoms with Gasteiger partial charge in [0.2, 0.25) is 0 Å². The van der Waals surface area contributed by atoms with Crippen LogP contribution in [0.5, 0.6) is 0 Å². The van der Waals surface area contributed by atoms with E-state index in [1.165, 1.54) is 37.8 Å². The fourth-order valence-corrected chi connectivity index (χ4v) is 7.00. The number of nitrogens with zero attached hydrogens (tertiary/aromatic N) is 6. The van der Waals surface area contributed by atoms with E-state index in [0.29, 0.717) is 24.1 Å². The van der Waals surface area contributed by atoms with Gasteiger partial charge in [0.1, 0.15) is 5.69 Å². The minimum Gasteiger partial charge on any atom is -0.375 e. The highest BCUT2D eigenvalue weighted by atomic mass is 16.5. The van der Waals surface area contributed by atoms with Gasteiger partial charge in [0, 0.05) is 59.8 Å². The van der Waals surface area contributed by atoms with Crippen LogP contribution >= 0.6 is 0 Å². The van der Waals surface area contributed by atoms with Gasteiger partial charge in [0.05, 0.1) is 30.0 Å². The van der Waals surface area contributed by atoms with Crippen molar-refractivity contribution in [3.8, 4) is 22.4 Å². The number of aromatic amines is 1. The number of ether oxygens (including phenoxy) is 1. The number of benzene rings is 1. The van der Waals surface area contributed by atoms with E-state index in [0.717, 1.165) is 52.1 Å². The fourth-order valence-electron chi connectivity index (χ4n) is 7.00. The molecule has 2 atom stereocenters. The second-order valence-electron chi connectivity index (χ2n) is 10.7. The van der Waals surface area contributed by atoms with Crippen molar-refractivity contribution in [2.24, 2.45) is 0 Å². The Kier molecular flexibility index (Phi) is 4.91. The maximum Gasteiger partial charge on any atom is 0.163 e. The van der Waals surface area contributed by atoms with Crippen LogP contribution in [-0.2, 0) is 4.74 Å². The van der Waals surface area contributed by atoms with Gasteiger partial charge in [-0.15, -0.1) is 0 Å². The molecule has 1 N–H and O–H groups in total. The Hall–Kier alpha value is -3.62. The molecule has 2 bridgehead atoms. The zero-order valence-corrected chi connectivity index (χ0v) is 20.6. The molecule has 8 rings (SSSR count). The number of likely N-dealkylation sites (tertiary alicyclic amines) is 1. The summed E-state index contributed by atoms with van der Waals surface area (Å²) >= 11 is 0. The molecule has 6 heterocycles. The zero-order chi connectivity index (χ0) is 24.3. The number of nitrogens with one attached hydrogen (secondary N) is 1. The summed E-state index contributed by atoms with van der Waals surface area (Å²) in [5, 5.41) is 13.7. The number of aromatic nitrogens is 6. The van der Waals surface area contributed by atoms with Gasteiger partial charge < -0.3 is 4.74 Å². The first kappa shape index (κ1) is 21.5. The van der Waals surface area contributed by atoms with Crippen LogP contribution in [0.4, 0.5) is 0 Å². The van der Waals surface area contributed by atoms with Gasteiger partial charge in [-0.3, -0.25) is 15.0 Å². The van der Waals surface area contributed by atoms with Crippen LogP contribution in [0.2, 0.25) is 0 Å². The minimum atomic E-state index is 0.469. The van der Waals surface area contributed by atoms with Crippen molar-refractivity contribution in [2.75, 3.05) is 13.2 Å². The maximum absolute atomic E-state index is 5.85. The minimum absolute atomic E-state index is 0.469. The van der Waals surface area contributed by atoms with E-state index in [2.05, 4.69) is 48.9 Å². The molecule has 3 fully saturated rings. The summed E-state index contributed by atoms with van der Waals surface area (Å²) in [4.78, 5) is 11.9. The first-order valence-electron chi connectivity index (χ1n) is 13.4. The third kappa shape index (κ3) is 3.43. The lowest BCUT2D eigenvalue weighted by Crippen LogP contribution is -2.45. The van der Waals surface area contributed by atoms with Crippen LogP contribution in [0, 0.1) is 0 Å². The Labute approximate surface area is 214 Å². The normalized spacial score (nSPS) is 25.9. The van der Waals surface area contributed by atoms with Crippen molar-refractivity contribution in [3.63, 3.8) is 0 Å². The van der Waals surface area contributed by atoms with Crippen LogP contribution in [0.25, 0.3) is 38.9 Å². The number of rotatable bonds is 4. The number of hydrogen-bond donors (Lipinski definition) is 1. The summed E-state index contributed by atoms with van der Waals surface area (Å²) in [5.74, 6) is 0.473. The molecule has 3 aliphatic rings. The van der Waals surface area contributed by atoms with Gasteiger partial charge in [0.15, 0.2) is 5.65 Å². The largest absolute Gasteiger partial charge is 0.375 e. The van der Waals surface area contributed by atoms with Gasteiger partial charge >= 0.3 is 0 Å². The summed E-state index contributed by atoms with van der Waals surface area (Å²) in [7, 11) is 0. The van der Waals surface area contributed by atoms with Crippen LogP contribution in [-0.4, -0.2) is 66.0 Å². The predicted molar refractivity (Wildman–Crippen MR) is 141 cm³/mol. The SMILES string of the molecule is c1cc(-c2c(-c3ccncc3)nn3c(C4CCC(N5C[C@@H]6C[C@H]5CO6)CC4)ccnc23)c2cn[nH]c2c1. The van der Waals surface area contributed by atoms with Gasteiger partial charge in [-0.1, -0.05) is 12.1 Å². The van der Waals surface area contributed by atoms with Crippen molar-refractivity contribution in [1.82, 2.24) is 34.7 Å². The Morgan fingerprint density at radius 3 is 2.65 bits per heavy atom. The Balaban J connectivity index is 1.21. The highest BCUT2D eigenvalue weighted by Gasteiger charge is 2.43. The molecule has 186 valence electrons. The van der Waals surface area contributed by atoms with E-state index in [-0.39, 0.29) is 0 Å². The van der Waals surface area contributed by atoms with E-state index in [1.54, 1.807) is 0 Å². The molecule has 2 saturated heterocycles. The molecule has 8 heteroatoms. The summed E-state index contributed by atoms with van der Waals surface area (Å²) in [6, 6.07) is 13.8. The van der Waals surface area contributed by atoms with E-state index < -0.39 is 0 Å². The standard InChI is InChI=1S/C29H29N7O/c1-2-23(24-15-32-33-25(24)3-1)27-28(19-8-11-30-12-9-19)34-36-26(10-13-31-29(27)36)18-4-6-20(7-5-18)35-16-22-14-21(35)17-37-22/h1-3,8-13,15,18,20-22H,4-7,14,16-17H2,(H,32,33)/t18?,20?,21-,22-/m0/s1. The highest BCUT2D eigenvalue weighted by Crippen LogP contribution is 2.42. The molecule has 8 nitrogen and oxygen atoms in total. The molecule has 2 aliphatic heterocycles. The van der Waals surface area contributed by atoms with Crippen LogP contribution in [0.3, 0.4) is 0 Å². The summed E-state index contributed by atoms with van der Waals surface area (Å²) in [6.07, 6.45) is 14.0. The molecule has 0 radical (unpaired) electrons. The zero-order valence-electron chi connectivity index (χ0n) is 20.6. The molecule has 1 saturated carbocycles. The maximum atomic E-state index is 5.85. The lowest BCUT2D eigenvalue weighted by atomic mass is 9.83. The van der Waals surface area contributed by atoms with Crippen molar-refractivity contribution in [3.05, 3.63) is 66.9 Å². The number of hydrogen-bond acceptors (Lipinski definition) is 6. The van der Waals surface area contributed by atoms with E-state index in [1.807, 2.05) is 36.9 Å². The smallest absolute Gasteiger partial charge is 0.163 e. The first-order chi connectivity index (χ1) is 18.3. The van der Waals surface area contributed by atoms with E-state index in [9.17, 15) is 0 Å². The van der Waals surface area contributed by atoms with Crippen molar-refractivity contribution in [2.45, 2.75) is 56.2 Å². The monoisotopic (exact) mass is 491 g/mol. The molecule has 0 amide bonds. The molecule has 0 unspecified atom stereocenters. The number of fused-ring (bicyclic) bond motifs is 4. The average Bonchev–Trinajstić information content (AvgIpc) is 3.76. The Morgan fingerprint density at radius 1 is 0.946 bits per heavy atom. The second kappa shape index (κ2) is 8.46. The number of pyridine rings is 1. The predicted octanol–water partition coefficient (Wildman–Crippen LogP) is 4.83. The summed E-state index contributed by atoms with van der Waals surface area (Å²) in [5.41, 5.74) is 7.27. The van der Waals surface area contributed by atoms with Crippen molar-refractivity contribution >= 4 is 16.6 Å². The molecule has 5 aromatic rings. The molecular weight excluding hydrogens is 462 g/mol. The third-order valence-corrected chi connectivity index (χ3v) is 8.78. The van der Waals surface area contributed by atoms with Crippen LogP contribution in [0.1, 0.15) is 43.7 Å². The summed E-state index contributed by atoms with van der Waals surface area (Å²) < 4.78 is 7.96. The van der Waals surface area contributed by atoms with Crippen molar-refractivity contribution in [1.29, 1.82) is 0 Å². The number of morpholine rings is 1. The third-order valence-electron chi connectivity index (χ3n) is 8.78. The van der Waals surface area contributed by atoms with Crippen LogP contribution < -0.4 is 0 Å². The highest BCUT2D eigenvalue weighted by molar-refractivity contribution is 6.02. The summed E-state index contributed by atoms with van der Waals surface area (Å²) in [6.45, 7) is 2.05. The van der Waals surface area contributed by atoms with Gasteiger partial charge in [-0.05, 0) is 61.9 Å². The van der Waals surface area contributed by atoms with E-state index in [4.69, 9.17) is 14.8 Å². The Bertz CT molecular complexity index is 1580. The van der Waals surface area contributed by atoms with Crippen LogP contribution in [0.15, 0.2) is 61.2 Å². The molecule has 0 spiro atoms. The van der Waals surface area contributed by atoms with E-state index >= 15 is 0 Å². The van der Waals surface area contributed by atoms with Gasteiger partial charge in [-0.2, -0.15) is 10.2 Å². The molecule has 1 aliphatic carbocycles. The molecule has 1 aromatic carbocycles. The molecule has 4 aromatic heterocycles. The quantitative estimate of drug-likeness (QED) is 0.388. The number of H-pyrrole nitrogens is 1. The lowest BCUT2D eigenvalue weighted by Gasteiger charge is -2.39. The fraction of sp³-hybridized carbons (Fsp3) is 0.379. The average molecular weight is 492 g/mol. The molecular formula is C29H29N7O. The molecule has 37 heavy (non-hydrogen) atoms. The first-order valence-corrected chi connectivity index (χ1v) is 13.4. The second-order valence-corrected chi connectivity index (χ2v) is 10.7. The Morgan fingerprint density at radius 2 is 1.84 bits per heavy atom. The topological polar surface area (TPSA) is 84.2 Å². The van der Waals surface area contributed by atoms with Gasteiger partial charge in [0.25, 0.3) is 0 Å².